The van der Waals surface area contributed by atoms with Gasteiger partial charge in [0.1, 0.15) is 0 Å². The third-order valence-corrected chi connectivity index (χ3v) is 4.39. The van der Waals surface area contributed by atoms with Crippen LogP contribution in [0.25, 0.3) is 10.9 Å². The summed E-state index contributed by atoms with van der Waals surface area (Å²) in [6, 6.07) is 4.28. The van der Waals surface area contributed by atoms with E-state index in [1.54, 1.807) is 18.9 Å². The average Bonchev–Trinajstić information content (AvgIpc) is 2.64. The summed E-state index contributed by atoms with van der Waals surface area (Å²) in [7, 11) is 1.63. The van der Waals surface area contributed by atoms with Gasteiger partial charge in [0.05, 0.1) is 23.1 Å². The number of aromatic carboxylic acids is 1. The average molecular weight is 360 g/mol. The molecule has 0 aliphatic carbocycles. The highest BCUT2D eigenvalue weighted by Gasteiger charge is 2.24. The summed E-state index contributed by atoms with van der Waals surface area (Å²) in [6.07, 6.45) is -0.349. The van der Waals surface area contributed by atoms with Crippen molar-refractivity contribution >= 4 is 28.9 Å². The van der Waals surface area contributed by atoms with Gasteiger partial charge in [0.2, 0.25) is 5.95 Å². The number of anilines is 1. The Morgan fingerprint density at radius 1 is 1.23 bits per heavy atom. The van der Waals surface area contributed by atoms with Crippen LogP contribution in [0.1, 0.15) is 17.3 Å². The molecule has 26 heavy (non-hydrogen) atoms. The van der Waals surface area contributed by atoms with Crippen molar-refractivity contribution in [1.29, 1.82) is 0 Å². The number of carbonyl (C=O) groups is 2. The van der Waals surface area contributed by atoms with Crippen LogP contribution in [-0.4, -0.2) is 64.4 Å². The molecule has 2 heterocycles. The molecule has 3 rings (SSSR count). The predicted molar refractivity (Wildman–Crippen MR) is 94.8 cm³/mol. The monoisotopic (exact) mass is 360 g/mol. The van der Waals surface area contributed by atoms with E-state index in [4.69, 9.17) is 9.84 Å². The largest absolute Gasteiger partial charge is 0.478 e. The van der Waals surface area contributed by atoms with E-state index >= 15 is 0 Å². The van der Waals surface area contributed by atoms with Crippen LogP contribution in [0.5, 0.6) is 0 Å². The lowest BCUT2D eigenvalue weighted by Crippen LogP contribution is -2.50. The van der Waals surface area contributed by atoms with Crippen molar-refractivity contribution in [2.45, 2.75) is 6.92 Å². The molecule has 1 aliphatic heterocycles. The Bertz CT molecular complexity index is 915. The summed E-state index contributed by atoms with van der Waals surface area (Å²) in [4.78, 5) is 43.6. The maximum absolute atomic E-state index is 12.6. The highest BCUT2D eigenvalue weighted by Crippen LogP contribution is 2.17. The second kappa shape index (κ2) is 7.03. The van der Waals surface area contributed by atoms with E-state index in [1.165, 1.54) is 22.8 Å². The van der Waals surface area contributed by atoms with Gasteiger partial charge in [0.25, 0.3) is 5.56 Å². The van der Waals surface area contributed by atoms with Gasteiger partial charge >= 0.3 is 12.1 Å². The number of ether oxygens (including phenoxy) is 1. The van der Waals surface area contributed by atoms with Gasteiger partial charge in [-0.2, -0.15) is 0 Å². The minimum Gasteiger partial charge on any atom is -0.478 e. The van der Waals surface area contributed by atoms with Crippen molar-refractivity contribution in [3.8, 4) is 0 Å². The fraction of sp³-hybridized carbons (Fsp3) is 0.412. The normalized spacial score (nSPS) is 14.5. The van der Waals surface area contributed by atoms with Crippen LogP contribution in [0.2, 0.25) is 0 Å². The number of benzene rings is 1. The lowest BCUT2D eigenvalue weighted by molar-refractivity contribution is 0.0697. The van der Waals surface area contributed by atoms with E-state index < -0.39 is 5.97 Å². The first-order valence-electron chi connectivity index (χ1n) is 8.33. The maximum atomic E-state index is 12.6. The second-order valence-electron chi connectivity index (χ2n) is 5.99. The number of amides is 1. The zero-order valence-electron chi connectivity index (χ0n) is 14.6. The molecule has 1 N–H and O–H groups in total. The minimum atomic E-state index is -1.07. The van der Waals surface area contributed by atoms with Gasteiger partial charge < -0.3 is 19.6 Å². The minimum absolute atomic E-state index is 0.0799. The van der Waals surface area contributed by atoms with Crippen LogP contribution in [0, 0.1) is 0 Å². The Kier molecular flexibility index (Phi) is 4.79. The summed E-state index contributed by atoms with van der Waals surface area (Å²) in [5.74, 6) is -0.618. The van der Waals surface area contributed by atoms with Crippen LogP contribution < -0.4 is 10.5 Å². The van der Waals surface area contributed by atoms with Crippen LogP contribution in [0.4, 0.5) is 10.7 Å². The molecule has 0 saturated carbocycles. The molecule has 9 nitrogen and oxygen atoms in total. The second-order valence-corrected chi connectivity index (χ2v) is 5.99. The third-order valence-electron chi connectivity index (χ3n) is 4.39. The number of carboxylic acids is 1. The van der Waals surface area contributed by atoms with E-state index in [0.29, 0.717) is 49.6 Å². The first-order valence-corrected chi connectivity index (χ1v) is 8.33. The van der Waals surface area contributed by atoms with Crippen molar-refractivity contribution in [2.75, 3.05) is 37.7 Å². The van der Waals surface area contributed by atoms with Crippen molar-refractivity contribution < 1.29 is 19.4 Å². The topological polar surface area (TPSA) is 105 Å². The summed E-state index contributed by atoms with van der Waals surface area (Å²) in [5.41, 5.74) is 0.182. The highest BCUT2D eigenvalue weighted by molar-refractivity contribution is 5.93. The van der Waals surface area contributed by atoms with Crippen molar-refractivity contribution in [1.82, 2.24) is 14.5 Å². The number of hydrogen-bond donors (Lipinski definition) is 1. The molecule has 0 atom stereocenters. The number of nitrogens with zero attached hydrogens (tertiary/aromatic N) is 4. The number of rotatable bonds is 3. The van der Waals surface area contributed by atoms with Gasteiger partial charge in [0, 0.05) is 33.2 Å². The lowest BCUT2D eigenvalue weighted by atomic mass is 10.1. The molecule has 138 valence electrons. The molecule has 0 spiro atoms. The summed E-state index contributed by atoms with van der Waals surface area (Å²) >= 11 is 0. The zero-order chi connectivity index (χ0) is 18.8. The van der Waals surface area contributed by atoms with Gasteiger partial charge in [0.15, 0.2) is 0 Å². The number of piperazine rings is 1. The van der Waals surface area contributed by atoms with E-state index in [-0.39, 0.29) is 17.2 Å². The van der Waals surface area contributed by atoms with E-state index in [2.05, 4.69) is 4.98 Å². The Hall–Kier alpha value is -3.10. The van der Waals surface area contributed by atoms with Gasteiger partial charge in [-0.05, 0) is 25.1 Å². The molecule has 1 saturated heterocycles. The Morgan fingerprint density at radius 2 is 1.92 bits per heavy atom. The summed E-state index contributed by atoms with van der Waals surface area (Å²) in [6.45, 7) is 4.01. The fourth-order valence-electron chi connectivity index (χ4n) is 2.98. The van der Waals surface area contributed by atoms with Gasteiger partial charge in [-0.15, -0.1) is 0 Å². The number of carbonyl (C=O) groups excluding carboxylic acids is 1. The highest BCUT2D eigenvalue weighted by atomic mass is 16.6. The van der Waals surface area contributed by atoms with E-state index in [1.807, 2.05) is 4.90 Å². The van der Waals surface area contributed by atoms with Gasteiger partial charge in [-0.25, -0.2) is 14.6 Å². The van der Waals surface area contributed by atoms with Crippen LogP contribution in [0.15, 0.2) is 23.0 Å². The third kappa shape index (κ3) is 3.19. The number of fused-ring (bicyclic) bond motifs is 1. The van der Waals surface area contributed by atoms with Crippen LogP contribution >= 0.6 is 0 Å². The van der Waals surface area contributed by atoms with Crippen molar-refractivity contribution in [2.24, 2.45) is 7.05 Å². The summed E-state index contributed by atoms with van der Waals surface area (Å²) < 4.78 is 6.45. The lowest BCUT2D eigenvalue weighted by Gasteiger charge is -2.35. The van der Waals surface area contributed by atoms with E-state index in [9.17, 15) is 14.4 Å². The molecule has 0 unspecified atom stereocenters. The molecule has 1 aromatic carbocycles. The van der Waals surface area contributed by atoms with Crippen molar-refractivity contribution in [3.05, 3.63) is 34.1 Å². The maximum Gasteiger partial charge on any atom is 0.409 e. The first-order chi connectivity index (χ1) is 12.4. The number of carboxylic acid groups (broad SMARTS) is 1. The van der Waals surface area contributed by atoms with Crippen molar-refractivity contribution in [3.63, 3.8) is 0 Å². The van der Waals surface area contributed by atoms with Crippen LogP contribution in [0.3, 0.4) is 0 Å². The van der Waals surface area contributed by atoms with Gasteiger partial charge in [-0.1, -0.05) is 0 Å². The molecule has 2 aromatic rings. The molecular weight excluding hydrogens is 340 g/mol. The summed E-state index contributed by atoms with van der Waals surface area (Å²) in [5, 5.41) is 9.51. The SMILES string of the molecule is CCOC(=O)N1CCN(c2nc3cc(C(=O)O)ccc3c(=O)n2C)CC1. The Balaban J connectivity index is 1.91. The molecule has 0 radical (unpaired) electrons. The Morgan fingerprint density at radius 3 is 2.54 bits per heavy atom. The number of aromatic nitrogens is 2. The molecular formula is C17H20N4O5. The molecule has 0 bridgehead atoms. The molecule has 9 heteroatoms. The first kappa shape index (κ1) is 17.7. The fourth-order valence-corrected chi connectivity index (χ4v) is 2.98. The van der Waals surface area contributed by atoms with E-state index in [0.717, 1.165) is 0 Å². The molecule has 1 fully saturated rings. The predicted octanol–water partition coefficient (Wildman–Crippen LogP) is 0.910. The molecule has 1 aliphatic rings. The van der Waals surface area contributed by atoms with Gasteiger partial charge in [-0.3, -0.25) is 9.36 Å². The quantitative estimate of drug-likeness (QED) is 0.867. The smallest absolute Gasteiger partial charge is 0.409 e. The number of hydrogen-bond acceptors (Lipinski definition) is 6. The standard InChI is InChI=1S/C17H20N4O5/c1-3-26-17(25)21-8-6-20(7-9-21)16-18-13-10-11(15(23)24)4-5-12(13)14(22)19(16)2/h4-5,10H,3,6-9H2,1-2H3,(H,23,24). The zero-order valence-corrected chi connectivity index (χ0v) is 14.6. The Labute approximate surface area is 149 Å². The van der Waals surface area contributed by atoms with Crippen LogP contribution in [-0.2, 0) is 11.8 Å². The molecule has 1 aromatic heterocycles. The molecule has 1 amide bonds.